The Bertz CT molecular complexity index is 611. The summed E-state index contributed by atoms with van der Waals surface area (Å²) in [5, 5.41) is 4.05. The van der Waals surface area contributed by atoms with Gasteiger partial charge in [-0.3, -0.25) is 0 Å². The van der Waals surface area contributed by atoms with Crippen LogP contribution in [-0.4, -0.2) is 4.57 Å². The van der Waals surface area contributed by atoms with E-state index in [-0.39, 0.29) is 0 Å². The van der Waals surface area contributed by atoms with Crippen molar-refractivity contribution >= 4 is 22.6 Å². The van der Waals surface area contributed by atoms with Crippen LogP contribution in [0.15, 0.2) is 24.3 Å². The van der Waals surface area contributed by atoms with Gasteiger partial charge in [-0.05, 0) is 26.8 Å². The van der Waals surface area contributed by atoms with E-state index in [0.29, 0.717) is 0 Å². The highest BCUT2D eigenvalue weighted by molar-refractivity contribution is 5.82. The minimum Gasteiger partial charge on any atom is -0.344 e. The monoisotopic (exact) mass is 199 g/mol. The highest BCUT2D eigenvalue weighted by Gasteiger charge is 2.03. The molecule has 0 aliphatic rings. The van der Waals surface area contributed by atoms with Crippen molar-refractivity contribution in [2.75, 3.05) is 0 Å². The van der Waals surface area contributed by atoms with Crippen LogP contribution in [0.4, 0.5) is 0 Å². The van der Waals surface area contributed by atoms with Crippen LogP contribution in [-0.2, 0) is 7.05 Å². The topological polar surface area (TPSA) is 4.93 Å². The maximum atomic E-state index is 2.28. The van der Waals surface area contributed by atoms with Crippen molar-refractivity contribution in [2.45, 2.75) is 20.8 Å². The Morgan fingerprint density at radius 2 is 1.87 bits per heavy atom. The van der Waals surface area contributed by atoms with Crippen LogP contribution >= 0.6 is 0 Å². The van der Waals surface area contributed by atoms with Gasteiger partial charge in [0.15, 0.2) is 0 Å². The number of rotatable bonds is 0. The number of nitrogens with zero attached hydrogens (tertiary/aromatic N) is 1. The van der Waals surface area contributed by atoms with Crippen LogP contribution < -0.4 is 10.6 Å². The molecule has 15 heavy (non-hydrogen) atoms. The Morgan fingerprint density at radius 1 is 1.20 bits per heavy atom. The van der Waals surface area contributed by atoms with Crippen molar-refractivity contribution in [1.82, 2.24) is 4.57 Å². The van der Waals surface area contributed by atoms with Gasteiger partial charge in [0.2, 0.25) is 0 Å². The fourth-order valence-corrected chi connectivity index (χ4v) is 2.32. The van der Waals surface area contributed by atoms with Crippen molar-refractivity contribution in [3.8, 4) is 0 Å². The molecule has 0 saturated heterocycles. The molecule has 0 spiro atoms. The number of aromatic nitrogens is 1. The molecule has 1 nitrogen and oxygen atoms in total. The lowest BCUT2D eigenvalue weighted by atomic mass is 10.2. The van der Waals surface area contributed by atoms with Gasteiger partial charge in [0.25, 0.3) is 0 Å². The third kappa shape index (κ3) is 1.39. The summed E-state index contributed by atoms with van der Waals surface area (Å²) in [6.07, 6.45) is 2.20. The molecule has 0 aliphatic heterocycles. The molecule has 0 unspecified atom stereocenters. The summed E-state index contributed by atoms with van der Waals surface area (Å²) in [4.78, 5) is 0. The minimum atomic E-state index is 1.31. The second-order valence-corrected chi connectivity index (χ2v) is 4.13. The van der Waals surface area contributed by atoms with Crippen LogP contribution in [0.2, 0.25) is 0 Å². The normalized spacial score (nSPS) is 12.4. The highest BCUT2D eigenvalue weighted by Crippen LogP contribution is 2.07. The summed E-state index contributed by atoms with van der Waals surface area (Å²) in [5.74, 6) is 0. The van der Waals surface area contributed by atoms with Gasteiger partial charge in [0.1, 0.15) is 0 Å². The molecule has 2 rings (SSSR count). The molecular formula is C14H17N. The minimum absolute atomic E-state index is 1.31. The van der Waals surface area contributed by atoms with Gasteiger partial charge in [0, 0.05) is 28.5 Å². The van der Waals surface area contributed by atoms with Crippen molar-refractivity contribution in [2.24, 2.45) is 7.05 Å². The van der Waals surface area contributed by atoms with Crippen molar-refractivity contribution in [1.29, 1.82) is 0 Å². The molecule has 1 heteroatoms. The lowest BCUT2D eigenvalue weighted by Crippen LogP contribution is -2.29. The van der Waals surface area contributed by atoms with Crippen LogP contribution in [0.5, 0.6) is 0 Å². The average Bonchev–Trinajstić information content (AvgIpc) is 2.52. The number of aryl methyl sites for hydroxylation is 1. The quantitative estimate of drug-likeness (QED) is 0.613. The Morgan fingerprint density at radius 3 is 2.47 bits per heavy atom. The highest BCUT2D eigenvalue weighted by atomic mass is 14.9. The number of fused-ring (bicyclic) bond motifs is 1. The van der Waals surface area contributed by atoms with Crippen LogP contribution in [0.1, 0.15) is 20.8 Å². The third-order valence-corrected chi connectivity index (χ3v) is 2.91. The van der Waals surface area contributed by atoms with Crippen LogP contribution in [0.25, 0.3) is 22.6 Å². The summed E-state index contributed by atoms with van der Waals surface area (Å²) >= 11 is 0. The first kappa shape index (κ1) is 10.0. The van der Waals surface area contributed by atoms with Gasteiger partial charge < -0.3 is 4.57 Å². The van der Waals surface area contributed by atoms with E-state index in [9.17, 15) is 0 Å². The summed E-state index contributed by atoms with van der Waals surface area (Å²) in [6, 6.07) is 8.56. The van der Waals surface area contributed by atoms with Gasteiger partial charge in [0.05, 0.1) is 0 Å². The van der Waals surface area contributed by atoms with Gasteiger partial charge in [-0.2, -0.15) is 0 Å². The molecule has 0 fully saturated rings. The Labute approximate surface area is 90.3 Å². The standard InChI is InChI=1S/C14H17N/c1-5-11-12-8-6-7-9-13(12)15(4)14(11)10(2)3/h5-9H,1-4H3/b11-5-. The molecule has 1 aromatic heterocycles. The van der Waals surface area contributed by atoms with Crippen molar-refractivity contribution < 1.29 is 0 Å². The first-order chi connectivity index (χ1) is 7.16. The molecule has 0 amide bonds. The van der Waals surface area contributed by atoms with E-state index in [2.05, 4.69) is 62.7 Å². The lowest BCUT2D eigenvalue weighted by molar-refractivity contribution is 0.917. The van der Waals surface area contributed by atoms with E-state index >= 15 is 0 Å². The van der Waals surface area contributed by atoms with E-state index in [4.69, 9.17) is 0 Å². The molecule has 0 N–H and O–H groups in total. The maximum Gasteiger partial charge on any atom is 0.0488 e. The van der Waals surface area contributed by atoms with E-state index in [1.807, 2.05) is 0 Å². The molecule has 1 aromatic carbocycles. The van der Waals surface area contributed by atoms with E-state index in [1.54, 1.807) is 0 Å². The van der Waals surface area contributed by atoms with Gasteiger partial charge >= 0.3 is 0 Å². The molecule has 0 bridgehead atoms. The number of benzene rings is 1. The molecule has 0 aliphatic carbocycles. The number of para-hydroxylation sites is 1. The molecule has 0 radical (unpaired) electrons. The zero-order chi connectivity index (χ0) is 11.0. The summed E-state index contributed by atoms with van der Waals surface area (Å²) < 4.78 is 2.28. The summed E-state index contributed by atoms with van der Waals surface area (Å²) in [7, 11) is 2.14. The van der Waals surface area contributed by atoms with Crippen molar-refractivity contribution in [3.63, 3.8) is 0 Å². The van der Waals surface area contributed by atoms with Crippen LogP contribution in [0.3, 0.4) is 0 Å². The maximum absolute atomic E-state index is 2.28. The molecule has 78 valence electrons. The predicted molar refractivity (Wildman–Crippen MR) is 67.1 cm³/mol. The SMILES string of the molecule is C/C=c1\c(=C(C)C)n(C)c2ccccc12. The van der Waals surface area contributed by atoms with Crippen LogP contribution in [0, 0.1) is 0 Å². The smallest absolute Gasteiger partial charge is 0.0488 e. The Balaban J connectivity index is 3.21. The zero-order valence-corrected chi connectivity index (χ0v) is 9.83. The molecular weight excluding hydrogens is 182 g/mol. The average molecular weight is 199 g/mol. The Hall–Kier alpha value is -1.50. The zero-order valence-electron chi connectivity index (χ0n) is 9.83. The molecule has 2 aromatic rings. The predicted octanol–water partition coefficient (Wildman–Crippen LogP) is 2.17. The lowest BCUT2D eigenvalue weighted by Gasteiger charge is -1.96. The molecule has 1 heterocycles. The fourth-order valence-electron chi connectivity index (χ4n) is 2.32. The second kappa shape index (κ2) is 3.58. The third-order valence-electron chi connectivity index (χ3n) is 2.91. The summed E-state index contributed by atoms with van der Waals surface area (Å²) in [5.41, 5.74) is 2.67. The van der Waals surface area contributed by atoms with E-state index in [0.717, 1.165) is 0 Å². The van der Waals surface area contributed by atoms with E-state index < -0.39 is 0 Å². The second-order valence-electron chi connectivity index (χ2n) is 4.13. The first-order valence-corrected chi connectivity index (χ1v) is 5.34. The first-order valence-electron chi connectivity index (χ1n) is 5.34. The van der Waals surface area contributed by atoms with Gasteiger partial charge in [-0.1, -0.05) is 29.8 Å². The van der Waals surface area contributed by atoms with E-state index in [1.165, 1.54) is 27.0 Å². The number of hydrogen-bond donors (Lipinski definition) is 0. The van der Waals surface area contributed by atoms with Gasteiger partial charge in [-0.25, -0.2) is 0 Å². The summed E-state index contributed by atoms with van der Waals surface area (Å²) in [6.45, 7) is 6.44. The molecule has 0 atom stereocenters. The largest absolute Gasteiger partial charge is 0.344 e. The molecule has 0 saturated carbocycles. The number of hydrogen-bond acceptors (Lipinski definition) is 0. The van der Waals surface area contributed by atoms with Crippen molar-refractivity contribution in [3.05, 3.63) is 34.8 Å². The fraction of sp³-hybridized carbons (Fsp3) is 0.286. The Kier molecular flexibility index (Phi) is 2.39. The van der Waals surface area contributed by atoms with Gasteiger partial charge in [-0.15, -0.1) is 0 Å².